The number of carbonyl (C=O) groups is 2. The third-order valence-corrected chi connectivity index (χ3v) is 9.62. The smallest absolute Gasteiger partial charge is 0.325 e. The van der Waals surface area contributed by atoms with Crippen molar-refractivity contribution in [3.05, 3.63) is 107 Å². The molecule has 4 aromatic carbocycles. The molecule has 0 aliphatic rings. The van der Waals surface area contributed by atoms with E-state index < -0.39 is 35.4 Å². The van der Waals surface area contributed by atoms with Crippen molar-refractivity contribution in [2.75, 3.05) is 19.8 Å². The van der Waals surface area contributed by atoms with Gasteiger partial charge in [-0.3, -0.25) is 30.4 Å². The lowest BCUT2D eigenvalue weighted by atomic mass is 9.98. The molecule has 0 saturated heterocycles. The van der Waals surface area contributed by atoms with Gasteiger partial charge in [-0.2, -0.15) is 0 Å². The van der Waals surface area contributed by atoms with Gasteiger partial charge in [0.15, 0.2) is 0 Å². The number of amides is 1. The van der Waals surface area contributed by atoms with E-state index in [1.165, 1.54) is 0 Å². The Labute approximate surface area is 328 Å². The average Bonchev–Trinajstić information content (AvgIpc) is 3.72. The highest BCUT2D eigenvalue weighted by Crippen LogP contribution is 2.31. The number of aryl methyl sites for hydroxylation is 3. The van der Waals surface area contributed by atoms with Crippen molar-refractivity contribution in [1.29, 1.82) is 0 Å². The first-order chi connectivity index (χ1) is 27.5. The van der Waals surface area contributed by atoms with E-state index in [0.717, 1.165) is 68.8 Å². The number of carbonyl (C=O) groups excluding carboxylic acids is 2. The Morgan fingerprint density at radius 1 is 0.877 bits per heavy atom. The van der Waals surface area contributed by atoms with Crippen LogP contribution in [0.3, 0.4) is 0 Å². The molecular weight excluding hydrogens is 734 g/mol. The minimum absolute atomic E-state index is 0.0380. The van der Waals surface area contributed by atoms with Gasteiger partial charge < -0.3 is 19.2 Å². The van der Waals surface area contributed by atoms with Gasteiger partial charge in [-0.1, -0.05) is 61.5 Å². The molecular formula is C41H47N7O9. The molecule has 0 saturated carbocycles. The van der Waals surface area contributed by atoms with Crippen LogP contribution in [0, 0.1) is 6.92 Å². The Balaban J connectivity index is 1.10. The highest BCUT2D eigenvalue weighted by molar-refractivity contribution is 6.02. The van der Waals surface area contributed by atoms with Crippen LogP contribution in [0.2, 0.25) is 0 Å². The van der Waals surface area contributed by atoms with E-state index in [0.29, 0.717) is 30.5 Å². The summed E-state index contributed by atoms with van der Waals surface area (Å²) in [5.74, 6) is 0.870. The first-order valence-corrected chi connectivity index (χ1v) is 18.7. The fourth-order valence-electron chi connectivity index (χ4n) is 6.88. The van der Waals surface area contributed by atoms with Gasteiger partial charge in [0.2, 0.25) is 0 Å². The molecule has 2 aromatic heterocycles. The molecule has 16 heteroatoms. The third-order valence-electron chi connectivity index (χ3n) is 9.62. The molecule has 0 fully saturated rings. The number of nitrogens with zero attached hydrogens (tertiary/aromatic N) is 6. The van der Waals surface area contributed by atoms with E-state index in [1.54, 1.807) is 12.1 Å². The van der Waals surface area contributed by atoms with Crippen molar-refractivity contribution in [1.82, 2.24) is 35.2 Å². The molecule has 2 heterocycles. The number of hydrogen-bond donors (Lipinski definition) is 5. The summed E-state index contributed by atoms with van der Waals surface area (Å²) >= 11 is 0. The van der Waals surface area contributed by atoms with E-state index in [9.17, 15) is 9.59 Å². The van der Waals surface area contributed by atoms with Crippen LogP contribution in [0.15, 0.2) is 84.9 Å². The van der Waals surface area contributed by atoms with Crippen molar-refractivity contribution >= 4 is 33.9 Å². The number of rotatable bonds is 19. The maximum Gasteiger partial charge on any atom is 0.325 e. The Bertz CT molecular complexity index is 2300. The van der Waals surface area contributed by atoms with E-state index in [1.807, 2.05) is 49.5 Å². The number of benzene rings is 4. The average molecular weight is 782 g/mol. The Hall–Kier alpha value is -5.56. The van der Waals surface area contributed by atoms with Gasteiger partial charge in [0.25, 0.3) is 5.91 Å². The lowest BCUT2D eigenvalue weighted by molar-refractivity contribution is -0.527. The van der Waals surface area contributed by atoms with Crippen molar-refractivity contribution in [2.45, 2.75) is 58.6 Å². The summed E-state index contributed by atoms with van der Waals surface area (Å²) in [6.45, 7) is 4.17. The van der Waals surface area contributed by atoms with Crippen LogP contribution in [0.5, 0.6) is 0 Å². The molecule has 0 aliphatic heterocycles. The summed E-state index contributed by atoms with van der Waals surface area (Å²) in [6, 6.07) is 27.8. The van der Waals surface area contributed by atoms with Gasteiger partial charge in [0.05, 0.1) is 39.5 Å². The van der Waals surface area contributed by atoms with Gasteiger partial charge in [0, 0.05) is 31.1 Å². The number of hydrogen-bond acceptors (Lipinski definition) is 13. The van der Waals surface area contributed by atoms with Gasteiger partial charge in [-0.25, -0.2) is 19.6 Å². The minimum Gasteiger partial charge on any atom is -0.464 e. The first-order valence-electron chi connectivity index (χ1n) is 18.7. The molecule has 0 aliphatic carbocycles. The largest absolute Gasteiger partial charge is 0.464 e. The summed E-state index contributed by atoms with van der Waals surface area (Å²) in [4.78, 5) is 44.8. The Kier molecular flexibility index (Phi) is 13.7. The molecule has 0 radical (unpaired) electrons. The number of nitrogens with one attached hydrogen (secondary N) is 1. The van der Waals surface area contributed by atoms with Crippen LogP contribution in [0.1, 0.15) is 59.9 Å². The summed E-state index contributed by atoms with van der Waals surface area (Å²) in [6.07, 6.45) is 1.87. The molecule has 16 nitrogen and oxygen atoms in total. The predicted molar refractivity (Wildman–Crippen MR) is 208 cm³/mol. The second-order valence-corrected chi connectivity index (χ2v) is 13.7. The zero-order chi connectivity index (χ0) is 40.5. The summed E-state index contributed by atoms with van der Waals surface area (Å²) in [5, 5.41) is 36.7. The summed E-state index contributed by atoms with van der Waals surface area (Å²) in [5.41, 5.74) is 9.23. The van der Waals surface area contributed by atoms with Crippen LogP contribution in [0.25, 0.3) is 44.6 Å². The van der Waals surface area contributed by atoms with E-state index in [2.05, 4.69) is 68.3 Å². The second-order valence-electron chi connectivity index (χ2n) is 13.7. The predicted octanol–water partition coefficient (Wildman–Crippen LogP) is 6.40. The zero-order valence-corrected chi connectivity index (χ0v) is 32.0. The first kappa shape index (κ1) is 41.1. The monoisotopic (exact) mass is 781 g/mol. The molecule has 1 unspecified atom stereocenters. The summed E-state index contributed by atoms with van der Waals surface area (Å²) < 4.78 is 9.65. The Morgan fingerprint density at radius 3 is 2.37 bits per heavy atom. The lowest BCUT2D eigenvalue weighted by Gasteiger charge is -2.18. The van der Waals surface area contributed by atoms with E-state index in [-0.39, 0.29) is 19.6 Å². The van der Waals surface area contributed by atoms with E-state index >= 15 is 0 Å². The standard InChI is InChI=1S/C41H47N7O9/c1-4-11-37-44-39-27(2)22-30(40-43-34-15-7-8-16-35(34)45(40)3)23-36(39)46(37)25-28-17-19-29(20-18-28)32-13-5-6-14-33(32)41(50)42-24-38(49)55-21-10-9-12-31(57-48(53)54)26-56-47(51)52/h5-8,13-20,22-23,31,51-54H,4,9-12,21,24-26H2,1-3H3,(H,42,50). The number of aromatic nitrogens is 4. The number of para-hydroxylation sites is 2. The molecule has 1 atom stereocenters. The van der Waals surface area contributed by atoms with Gasteiger partial charge in [-0.15, -0.1) is 0 Å². The van der Waals surface area contributed by atoms with Gasteiger partial charge in [0.1, 0.15) is 30.9 Å². The van der Waals surface area contributed by atoms with Crippen molar-refractivity contribution in [3.63, 3.8) is 0 Å². The fourth-order valence-corrected chi connectivity index (χ4v) is 6.88. The van der Waals surface area contributed by atoms with Crippen LogP contribution in [-0.4, -0.2) is 88.4 Å². The molecule has 0 bridgehead atoms. The molecule has 6 aromatic rings. The normalized spacial score (nSPS) is 12.2. The lowest BCUT2D eigenvalue weighted by Crippen LogP contribution is -2.31. The second kappa shape index (κ2) is 19.1. The highest BCUT2D eigenvalue weighted by Gasteiger charge is 2.19. The topological polar surface area (TPSA) is 197 Å². The third kappa shape index (κ3) is 10.3. The number of esters is 1. The number of imidazole rings is 2. The zero-order valence-electron chi connectivity index (χ0n) is 32.0. The number of ether oxygens (including phenoxy) is 1. The van der Waals surface area contributed by atoms with Crippen molar-refractivity contribution < 1.29 is 44.8 Å². The van der Waals surface area contributed by atoms with Crippen molar-refractivity contribution in [3.8, 4) is 22.5 Å². The Morgan fingerprint density at radius 2 is 1.63 bits per heavy atom. The molecule has 57 heavy (non-hydrogen) atoms. The number of fused-ring (bicyclic) bond motifs is 2. The van der Waals surface area contributed by atoms with E-state index in [4.69, 9.17) is 35.5 Å². The maximum absolute atomic E-state index is 13.3. The van der Waals surface area contributed by atoms with Crippen LogP contribution >= 0.6 is 0 Å². The quantitative estimate of drug-likeness (QED) is 0.0344. The van der Waals surface area contributed by atoms with Crippen LogP contribution in [0.4, 0.5) is 0 Å². The van der Waals surface area contributed by atoms with Gasteiger partial charge >= 0.3 is 5.97 Å². The van der Waals surface area contributed by atoms with Crippen LogP contribution in [-0.2, 0) is 39.2 Å². The minimum atomic E-state index is -0.929. The summed E-state index contributed by atoms with van der Waals surface area (Å²) in [7, 11) is 2.04. The number of unbranched alkanes of at least 4 members (excludes halogenated alkanes) is 1. The highest BCUT2D eigenvalue weighted by atomic mass is 17.1. The molecule has 300 valence electrons. The fraction of sp³-hybridized carbons (Fsp3) is 0.317. The molecule has 6 rings (SSSR count). The maximum atomic E-state index is 13.3. The molecule has 0 spiro atoms. The molecule has 5 N–H and O–H groups in total. The SMILES string of the molecule is CCCc1nc2c(C)cc(-c3nc4ccccc4n3C)cc2n1Cc1ccc(-c2ccccc2C(=O)NCC(=O)OCCCCC(CON(O)O)ON(O)O)cc1. The van der Waals surface area contributed by atoms with Gasteiger partial charge in [-0.05, 0) is 85.2 Å². The molecule has 1 amide bonds. The van der Waals surface area contributed by atoms with Crippen LogP contribution < -0.4 is 5.32 Å². The van der Waals surface area contributed by atoms with Crippen molar-refractivity contribution in [2.24, 2.45) is 7.05 Å².